The Morgan fingerprint density at radius 2 is 1.73 bits per heavy atom. The van der Waals surface area contributed by atoms with Gasteiger partial charge in [0.2, 0.25) is 5.54 Å². The van der Waals surface area contributed by atoms with Crippen LogP contribution in [0, 0.1) is 30.9 Å². The van der Waals surface area contributed by atoms with Crippen LogP contribution >= 0.6 is 0 Å². The van der Waals surface area contributed by atoms with Crippen LogP contribution in [0.5, 0.6) is 0 Å². The summed E-state index contributed by atoms with van der Waals surface area (Å²) >= 11 is 0. The van der Waals surface area contributed by atoms with Crippen molar-refractivity contribution in [2.75, 3.05) is 0 Å². The second-order valence-corrected chi connectivity index (χ2v) is 9.57. The monoisotopic (exact) mass is 356 g/mol. The molecule has 1 heterocycles. The van der Waals surface area contributed by atoms with Crippen LogP contribution < -0.4 is 0 Å². The van der Waals surface area contributed by atoms with Crippen molar-refractivity contribution < 1.29 is 9.84 Å². The van der Waals surface area contributed by atoms with Gasteiger partial charge in [0.15, 0.2) is 0 Å². The summed E-state index contributed by atoms with van der Waals surface area (Å²) in [5.74, 6) is 0.373. The van der Waals surface area contributed by atoms with Crippen molar-refractivity contribution in [1.29, 1.82) is 0 Å². The molecule has 4 nitrogen and oxygen atoms in total. The normalized spacial score (nSPS) is 51.1. The van der Waals surface area contributed by atoms with E-state index in [-0.39, 0.29) is 29.5 Å². The van der Waals surface area contributed by atoms with Crippen molar-refractivity contribution in [1.82, 2.24) is 0 Å². The molecule has 3 aliphatic rings. The summed E-state index contributed by atoms with van der Waals surface area (Å²) in [6, 6.07) is -0.461. The highest BCUT2D eigenvalue weighted by atomic mass is 16.5. The van der Waals surface area contributed by atoms with E-state index in [4.69, 9.17) is 17.9 Å². The zero-order chi connectivity index (χ0) is 19.3. The first-order chi connectivity index (χ1) is 12.1. The number of hydrogen-bond donors (Lipinski definition) is 1. The molecule has 3 fully saturated rings. The summed E-state index contributed by atoms with van der Waals surface area (Å²) in [4.78, 5) is 7.93. The SMILES string of the molecule is [C-]#[N+][C@@H]1[C@@H]2[C@@H]([C@@]3(C)CC[C@@H](C(=C)C)O3)CC[C@](C)([N+]#[C-])[C@H]2CC[C@@]1(C)O. The molecule has 2 aliphatic carbocycles. The maximum absolute atomic E-state index is 11.0. The van der Waals surface area contributed by atoms with Crippen molar-refractivity contribution in [2.24, 2.45) is 17.8 Å². The molecule has 26 heavy (non-hydrogen) atoms. The lowest BCUT2D eigenvalue weighted by Crippen LogP contribution is -2.61. The molecule has 0 aromatic rings. The van der Waals surface area contributed by atoms with Gasteiger partial charge in [0.05, 0.1) is 17.6 Å². The standard InChI is InChI=1S/C22H32N2O2/c1-14(2)17-10-13-22(5,26-17)16-8-11-20(3,24-7)15-9-12-21(4,25)19(23-6)18(15)16/h15-19,25H,1,8-13H2,2-5H3/t15-,16-,17-,18-,19+,20-,21+,22+/m0/s1. The van der Waals surface area contributed by atoms with Crippen molar-refractivity contribution >= 4 is 0 Å². The first-order valence-corrected chi connectivity index (χ1v) is 9.89. The summed E-state index contributed by atoms with van der Waals surface area (Å²) in [6.07, 6.45) is 5.18. The maximum Gasteiger partial charge on any atom is 0.255 e. The van der Waals surface area contributed by atoms with Gasteiger partial charge >= 0.3 is 0 Å². The van der Waals surface area contributed by atoms with Crippen LogP contribution in [0.4, 0.5) is 0 Å². The molecule has 3 rings (SSSR count). The van der Waals surface area contributed by atoms with E-state index < -0.39 is 17.2 Å². The highest BCUT2D eigenvalue weighted by Crippen LogP contribution is 2.58. The first kappa shape index (κ1) is 19.4. The van der Waals surface area contributed by atoms with E-state index in [1.165, 1.54) is 0 Å². The fourth-order valence-corrected chi connectivity index (χ4v) is 6.03. The lowest BCUT2D eigenvalue weighted by Gasteiger charge is -2.53. The minimum Gasteiger partial charge on any atom is -0.382 e. The van der Waals surface area contributed by atoms with Gasteiger partial charge in [-0.25, -0.2) is 13.1 Å². The molecular weight excluding hydrogens is 324 g/mol. The smallest absolute Gasteiger partial charge is 0.255 e. The van der Waals surface area contributed by atoms with Gasteiger partial charge in [0.1, 0.15) is 5.60 Å². The summed E-state index contributed by atoms with van der Waals surface area (Å²) in [5, 5.41) is 11.0. The number of ether oxygens (including phenoxy) is 1. The Kier molecular flexibility index (Phi) is 4.75. The Hall–Kier alpha value is -1.36. The largest absolute Gasteiger partial charge is 0.382 e. The quantitative estimate of drug-likeness (QED) is 0.577. The molecule has 0 aromatic heterocycles. The third-order valence-corrected chi connectivity index (χ3v) is 7.70. The molecule has 142 valence electrons. The highest BCUT2D eigenvalue weighted by molar-refractivity contribution is 5.19. The van der Waals surface area contributed by atoms with Gasteiger partial charge in [0, 0.05) is 19.3 Å². The molecule has 2 saturated carbocycles. The number of fused-ring (bicyclic) bond motifs is 1. The molecule has 0 amide bonds. The van der Waals surface area contributed by atoms with Gasteiger partial charge in [0.25, 0.3) is 6.04 Å². The molecule has 0 radical (unpaired) electrons. The number of rotatable bonds is 2. The molecule has 0 unspecified atom stereocenters. The third kappa shape index (κ3) is 2.88. The first-order valence-electron chi connectivity index (χ1n) is 9.89. The van der Waals surface area contributed by atoms with Gasteiger partial charge in [-0.1, -0.05) is 12.2 Å². The number of nitrogens with zero attached hydrogens (tertiary/aromatic N) is 2. The van der Waals surface area contributed by atoms with Crippen LogP contribution in [0.1, 0.15) is 66.2 Å². The predicted octanol–water partition coefficient (Wildman–Crippen LogP) is 4.65. The average Bonchev–Trinajstić information content (AvgIpc) is 2.98. The summed E-state index contributed by atoms with van der Waals surface area (Å²) in [7, 11) is 0. The zero-order valence-corrected chi connectivity index (χ0v) is 16.6. The van der Waals surface area contributed by atoms with Gasteiger partial charge in [-0.05, 0) is 58.8 Å². The molecule has 1 N–H and O–H groups in total. The van der Waals surface area contributed by atoms with E-state index in [2.05, 4.69) is 30.1 Å². The van der Waals surface area contributed by atoms with E-state index in [1.807, 2.05) is 6.92 Å². The predicted molar refractivity (Wildman–Crippen MR) is 102 cm³/mol. The Morgan fingerprint density at radius 3 is 2.27 bits per heavy atom. The van der Waals surface area contributed by atoms with Gasteiger partial charge in [-0.15, -0.1) is 0 Å². The Balaban J connectivity index is 2.00. The van der Waals surface area contributed by atoms with E-state index in [1.54, 1.807) is 6.92 Å². The van der Waals surface area contributed by atoms with Crippen LogP contribution in [0.25, 0.3) is 9.69 Å². The zero-order valence-electron chi connectivity index (χ0n) is 16.6. The summed E-state index contributed by atoms with van der Waals surface area (Å²) in [6.45, 7) is 27.8. The molecule has 1 aliphatic heterocycles. The maximum atomic E-state index is 11.0. The highest BCUT2D eigenvalue weighted by Gasteiger charge is 2.65. The van der Waals surface area contributed by atoms with Crippen molar-refractivity contribution in [2.45, 2.75) is 95.1 Å². The van der Waals surface area contributed by atoms with E-state index in [0.29, 0.717) is 6.42 Å². The Bertz CT molecular complexity index is 673. The third-order valence-electron chi connectivity index (χ3n) is 7.70. The van der Waals surface area contributed by atoms with Gasteiger partial charge in [-0.3, -0.25) is 0 Å². The van der Waals surface area contributed by atoms with Crippen molar-refractivity contribution in [3.05, 3.63) is 35.0 Å². The molecule has 0 aromatic carbocycles. The summed E-state index contributed by atoms with van der Waals surface area (Å²) in [5.41, 5.74) is -0.649. The Labute approximate surface area is 158 Å². The molecule has 0 bridgehead atoms. The molecule has 8 atom stereocenters. The number of aliphatic hydroxyl groups is 1. The minimum absolute atomic E-state index is 0.0120. The second-order valence-electron chi connectivity index (χ2n) is 9.57. The molecule has 1 saturated heterocycles. The summed E-state index contributed by atoms with van der Waals surface area (Å²) < 4.78 is 6.50. The average molecular weight is 357 g/mol. The van der Waals surface area contributed by atoms with Crippen molar-refractivity contribution in [3.8, 4) is 0 Å². The van der Waals surface area contributed by atoms with Crippen LogP contribution in [0.3, 0.4) is 0 Å². The lowest BCUT2D eigenvalue weighted by atomic mass is 9.51. The molecule has 0 spiro atoms. The van der Waals surface area contributed by atoms with Gasteiger partial charge in [-0.2, -0.15) is 0 Å². The lowest BCUT2D eigenvalue weighted by molar-refractivity contribution is -0.137. The number of hydrogen-bond acceptors (Lipinski definition) is 2. The van der Waals surface area contributed by atoms with E-state index in [9.17, 15) is 5.11 Å². The van der Waals surface area contributed by atoms with Crippen LogP contribution in [-0.2, 0) is 4.74 Å². The topological polar surface area (TPSA) is 38.2 Å². The molecule has 4 heteroatoms. The van der Waals surface area contributed by atoms with E-state index in [0.717, 1.165) is 37.7 Å². The Morgan fingerprint density at radius 1 is 1.08 bits per heavy atom. The minimum atomic E-state index is -0.982. The van der Waals surface area contributed by atoms with Crippen LogP contribution in [0.2, 0.25) is 0 Å². The molecular formula is C22H32N2O2. The fourth-order valence-electron chi connectivity index (χ4n) is 6.03. The van der Waals surface area contributed by atoms with Crippen molar-refractivity contribution in [3.63, 3.8) is 0 Å². The fraction of sp³-hybridized carbons (Fsp3) is 0.818. The van der Waals surface area contributed by atoms with Gasteiger partial charge < -0.3 is 19.5 Å². The van der Waals surface area contributed by atoms with Crippen LogP contribution in [-0.4, -0.2) is 34.0 Å². The van der Waals surface area contributed by atoms with Crippen LogP contribution in [0.15, 0.2) is 12.2 Å². The second kappa shape index (κ2) is 6.36. The van der Waals surface area contributed by atoms with E-state index >= 15 is 0 Å².